The normalized spacial score (nSPS) is 15.7. The second-order valence-electron chi connectivity index (χ2n) is 12.0. The molecule has 39 heavy (non-hydrogen) atoms. The van der Waals surface area contributed by atoms with E-state index in [9.17, 15) is 23.5 Å². The van der Waals surface area contributed by atoms with Gasteiger partial charge < -0.3 is 9.63 Å². The fraction of sp³-hybridized carbons (Fsp3) is 0.433. The monoisotopic (exact) mass is 558 g/mol. The second kappa shape index (κ2) is 10.9. The minimum atomic E-state index is -0.920. The predicted molar refractivity (Wildman–Crippen MR) is 145 cm³/mol. The highest BCUT2D eigenvalue weighted by atomic mass is 35.5. The van der Waals surface area contributed by atoms with Gasteiger partial charge in [-0.2, -0.15) is 0 Å². The Morgan fingerprint density at radius 2 is 1.72 bits per heavy atom. The van der Waals surface area contributed by atoms with Crippen LogP contribution >= 0.6 is 11.6 Å². The van der Waals surface area contributed by atoms with Crippen LogP contribution in [0.5, 0.6) is 0 Å². The molecule has 9 heteroatoms. The van der Waals surface area contributed by atoms with Gasteiger partial charge in [0.05, 0.1) is 11.2 Å². The number of benzene rings is 2. The van der Waals surface area contributed by atoms with Crippen LogP contribution in [0.4, 0.5) is 8.78 Å². The van der Waals surface area contributed by atoms with E-state index in [1.807, 2.05) is 30.9 Å². The zero-order valence-corrected chi connectivity index (χ0v) is 23.3. The van der Waals surface area contributed by atoms with E-state index in [-0.39, 0.29) is 47.8 Å². The van der Waals surface area contributed by atoms with E-state index in [1.54, 1.807) is 26.0 Å². The van der Waals surface area contributed by atoms with Gasteiger partial charge in [-0.05, 0) is 49.1 Å². The SMILES string of the molecule is CC(C)(O)CN1CC(CC(=O)CC(C)(C)c2ccc(Cl)cc2)(CC(=O)c2cc(-c3ccc(F)cc3F)on2)C1. The number of ketones is 2. The first kappa shape index (κ1) is 29.1. The van der Waals surface area contributed by atoms with Crippen LogP contribution in [-0.2, 0) is 10.2 Å². The summed E-state index contributed by atoms with van der Waals surface area (Å²) in [5, 5.41) is 14.7. The Morgan fingerprint density at radius 3 is 2.33 bits per heavy atom. The lowest BCUT2D eigenvalue weighted by atomic mass is 9.69. The van der Waals surface area contributed by atoms with Crippen molar-refractivity contribution in [2.45, 2.75) is 58.0 Å². The third-order valence-electron chi connectivity index (χ3n) is 7.09. The summed E-state index contributed by atoms with van der Waals surface area (Å²) >= 11 is 6.02. The van der Waals surface area contributed by atoms with Crippen LogP contribution in [0.3, 0.4) is 0 Å². The number of aromatic nitrogens is 1. The van der Waals surface area contributed by atoms with Crippen molar-refractivity contribution in [1.82, 2.24) is 10.1 Å². The van der Waals surface area contributed by atoms with E-state index in [0.29, 0.717) is 24.7 Å². The molecule has 3 aromatic rings. The van der Waals surface area contributed by atoms with Crippen LogP contribution in [0, 0.1) is 17.0 Å². The highest BCUT2D eigenvalue weighted by Crippen LogP contribution is 2.41. The van der Waals surface area contributed by atoms with Crippen LogP contribution in [0.1, 0.15) is 63.0 Å². The molecule has 0 bridgehead atoms. The first-order valence-electron chi connectivity index (χ1n) is 12.8. The van der Waals surface area contributed by atoms with Crippen molar-refractivity contribution in [3.8, 4) is 11.3 Å². The number of hydrogen-bond acceptors (Lipinski definition) is 6. The molecule has 208 valence electrons. The topological polar surface area (TPSA) is 83.6 Å². The van der Waals surface area contributed by atoms with Gasteiger partial charge in [0.1, 0.15) is 23.1 Å². The Labute approximate surface area is 231 Å². The molecular formula is C30H33ClF2N2O4. The molecule has 1 fully saturated rings. The van der Waals surface area contributed by atoms with Crippen LogP contribution in [-0.4, -0.2) is 52.0 Å². The number of Topliss-reactive ketones (excluding diaryl/α,β-unsaturated/α-hetero) is 2. The van der Waals surface area contributed by atoms with Gasteiger partial charge in [-0.25, -0.2) is 8.78 Å². The average molecular weight is 559 g/mol. The number of likely N-dealkylation sites (tertiary alicyclic amines) is 1. The van der Waals surface area contributed by atoms with Gasteiger partial charge >= 0.3 is 0 Å². The molecule has 2 heterocycles. The van der Waals surface area contributed by atoms with Crippen molar-refractivity contribution in [2.75, 3.05) is 19.6 Å². The first-order valence-corrected chi connectivity index (χ1v) is 13.2. The molecule has 0 amide bonds. The molecule has 6 nitrogen and oxygen atoms in total. The van der Waals surface area contributed by atoms with E-state index >= 15 is 0 Å². The molecule has 4 rings (SSSR count). The Kier molecular flexibility index (Phi) is 8.13. The average Bonchev–Trinajstić information content (AvgIpc) is 3.27. The molecule has 0 atom stereocenters. The molecule has 1 saturated heterocycles. The highest BCUT2D eigenvalue weighted by molar-refractivity contribution is 6.30. The summed E-state index contributed by atoms with van der Waals surface area (Å²) in [5.41, 5.74) is -0.970. The zero-order valence-electron chi connectivity index (χ0n) is 22.6. The summed E-state index contributed by atoms with van der Waals surface area (Å²) in [6, 6.07) is 11.8. The quantitative estimate of drug-likeness (QED) is 0.280. The van der Waals surface area contributed by atoms with E-state index < -0.39 is 28.1 Å². The molecule has 1 aliphatic heterocycles. The number of halogens is 3. The van der Waals surface area contributed by atoms with Crippen molar-refractivity contribution in [3.05, 3.63) is 76.4 Å². The van der Waals surface area contributed by atoms with Crippen LogP contribution in [0.15, 0.2) is 53.1 Å². The van der Waals surface area contributed by atoms with Crippen molar-refractivity contribution in [1.29, 1.82) is 0 Å². The predicted octanol–water partition coefficient (Wildman–Crippen LogP) is 6.25. The molecular weight excluding hydrogens is 526 g/mol. The van der Waals surface area contributed by atoms with Gasteiger partial charge in [0, 0.05) is 61.5 Å². The number of carbonyl (C=O) groups excluding carboxylic acids is 2. The van der Waals surface area contributed by atoms with Crippen molar-refractivity contribution < 1.29 is 28.0 Å². The summed E-state index contributed by atoms with van der Waals surface area (Å²) in [5.74, 6) is -1.83. The molecule has 0 radical (unpaired) electrons. The van der Waals surface area contributed by atoms with Crippen LogP contribution in [0.25, 0.3) is 11.3 Å². The maximum atomic E-state index is 14.2. The van der Waals surface area contributed by atoms with Gasteiger partial charge in [-0.3, -0.25) is 14.5 Å². The van der Waals surface area contributed by atoms with Crippen molar-refractivity contribution in [2.24, 2.45) is 5.41 Å². The van der Waals surface area contributed by atoms with Crippen molar-refractivity contribution in [3.63, 3.8) is 0 Å². The van der Waals surface area contributed by atoms with E-state index in [1.165, 1.54) is 12.1 Å². The first-order chi connectivity index (χ1) is 18.1. The number of rotatable bonds is 11. The molecule has 0 spiro atoms. The number of carbonyl (C=O) groups is 2. The maximum Gasteiger partial charge on any atom is 0.185 e. The lowest BCUT2D eigenvalue weighted by Crippen LogP contribution is -2.60. The summed E-state index contributed by atoms with van der Waals surface area (Å²) in [4.78, 5) is 28.7. The molecule has 0 saturated carbocycles. The number of aliphatic hydroxyl groups is 1. The lowest BCUT2D eigenvalue weighted by Gasteiger charge is -2.51. The van der Waals surface area contributed by atoms with E-state index in [0.717, 1.165) is 17.7 Å². The van der Waals surface area contributed by atoms with Crippen molar-refractivity contribution >= 4 is 23.2 Å². The zero-order chi connectivity index (χ0) is 28.6. The Morgan fingerprint density at radius 1 is 1.05 bits per heavy atom. The highest BCUT2D eigenvalue weighted by Gasteiger charge is 2.47. The Hall–Kier alpha value is -2.94. The van der Waals surface area contributed by atoms with Gasteiger partial charge in [-0.1, -0.05) is 42.7 Å². The van der Waals surface area contributed by atoms with Crippen LogP contribution < -0.4 is 0 Å². The molecule has 0 aliphatic carbocycles. The van der Waals surface area contributed by atoms with Crippen LogP contribution in [0.2, 0.25) is 5.02 Å². The summed E-state index contributed by atoms with van der Waals surface area (Å²) in [6.07, 6.45) is 0.518. The van der Waals surface area contributed by atoms with E-state index in [2.05, 4.69) is 5.16 Å². The minimum absolute atomic E-state index is 0.00253. The van der Waals surface area contributed by atoms with Gasteiger partial charge in [0.15, 0.2) is 11.5 Å². The summed E-state index contributed by atoms with van der Waals surface area (Å²) in [7, 11) is 0. The molecule has 2 aromatic carbocycles. The second-order valence-corrected chi connectivity index (χ2v) is 12.5. The summed E-state index contributed by atoms with van der Waals surface area (Å²) < 4.78 is 32.7. The minimum Gasteiger partial charge on any atom is -0.389 e. The van der Waals surface area contributed by atoms with Gasteiger partial charge in [-0.15, -0.1) is 0 Å². The standard InChI is InChI=1S/C30H33ClF2N2O4/c1-28(2,19-5-7-20(31)8-6-19)13-22(36)14-30(17-35(18-30)16-29(3,4)38)15-26(37)25-12-27(39-34-25)23-10-9-21(32)11-24(23)33/h5-12,38H,13-18H2,1-4H3. The Bertz CT molecular complexity index is 1360. The number of nitrogens with zero attached hydrogens (tertiary/aromatic N) is 2. The third kappa shape index (κ3) is 7.18. The largest absolute Gasteiger partial charge is 0.389 e. The molecule has 1 N–H and O–H groups in total. The van der Waals surface area contributed by atoms with Gasteiger partial charge in [0.25, 0.3) is 0 Å². The van der Waals surface area contributed by atoms with E-state index in [4.69, 9.17) is 16.1 Å². The fourth-order valence-electron chi connectivity index (χ4n) is 5.48. The third-order valence-corrected chi connectivity index (χ3v) is 7.35. The lowest BCUT2D eigenvalue weighted by molar-refractivity contribution is -0.127. The molecule has 1 aliphatic rings. The number of hydrogen-bond donors (Lipinski definition) is 1. The molecule has 1 aromatic heterocycles. The smallest absolute Gasteiger partial charge is 0.185 e. The Balaban J connectivity index is 1.49. The molecule has 0 unspecified atom stereocenters. The fourth-order valence-corrected chi connectivity index (χ4v) is 5.60. The summed E-state index contributed by atoms with van der Waals surface area (Å²) in [6.45, 7) is 8.76. The van der Waals surface area contributed by atoms with Gasteiger partial charge in [0.2, 0.25) is 0 Å². The maximum absolute atomic E-state index is 14.2. The number of β-amino-alcohol motifs (C(OH)–C–C–N with tert-alkyl or cyclic N) is 1.